The van der Waals surface area contributed by atoms with Crippen molar-refractivity contribution in [1.82, 2.24) is 0 Å². The van der Waals surface area contributed by atoms with E-state index in [1.54, 1.807) is 0 Å². The molecule has 52 valence electrons. The second kappa shape index (κ2) is 2.74. The standard InChI is InChI=1S/C2H4N2O4S/c1-2(3-5,4-6)9(7)8/h1H3,(H,7,8). The molecule has 0 radical (unpaired) electrons. The Hall–Kier alpha value is -0.690. The maximum absolute atomic E-state index is 10.0. The van der Waals surface area contributed by atoms with Crippen molar-refractivity contribution >= 4 is 11.1 Å². The Balaban J connectivity index is 4.46. The molecule has 6 nitrogen and oxygen atoms in total. The average Bonchev–Trinajstić information content (AvgIpc) is 1.86. The van der Waals surface area contributed by atoms with Crippen LogP contribution in [0.1, 0.15) is 6.92 Å². The fourth-order valence-electron chi connectivity index (χ4n) is 0.0804. The molecule has 0 amide bonds. The maximum atomic E-state index is 10.0. The molecule has 1 unspecified atom stereocenters. The van der Waals surface area contributed by atoms with Gasteiger partial charge in [0, 0.05) is 6.92 Å². The summed E-state index contributed by atoms with van der Waals surface area (Å²) in [5.41, 5.74) is 0. The van der Waals surface area contributed by atoms with Gasteiger partial charge in [-0.2, -0.15) is 0 Å². The molecule has 0 saturated heterocycles. The highest BCUT2D eigenvalue weighted by Gasteiger charge is 2.34. The lowest BCUT2D eigenvalue weighted by Crippen LogP contribution is -2.23. The lowest BCUT2D eigenvalue weighted by atomic mass is 10.6. The van der Waals surface area contributed by atoms with E-state index in [0.29, 0.717) is 0 Å². The summed E-state index contributed by atoms with van der Waals surface area (Å²) in [5, 5.41) is 4.12. The predicted molar refractivity (Wildman–Crippen MR) is 30.8 cm³/mol. The molecular formula is C2H4N2O4S. The zero-order chi connectivity index (χ0) is 7.49. The Morgan fingerprint density at radius 1 is 1.44 bits per heavy atom. The van der Waals surface area contributed by atoms with Crippen molar-refractivity contribution in [2.45, 2.75) is 11.9 Å². The van der Waals surface area contributed by atoms with E-state index >= 15 is 0 Å². The molecule has 9 heavy (non-hydrogen) atoms. The maximum Gasteiger partial charge on any atom is 0.326 e. The Bertz CT molecular complexity index is 149. The summed E-state index contributed by atoms with van der Waals surface area (Å²) in [5.74, 6) is 0. The fraction of sp³-hybridized carbons (Fsp3) is 1.00. The molecule has 0 aliphatic carbocycles. The lowest BCUT2D eigenvalue weighted by molar-refractivity contribution is 0.513. The summed E-state index contributed by atoms with van der Waals surface area (Å²) >= 11 is -2.63. The first-order chi connectivity index (χ1) is 4.06. The molecule has 0 rings (SSSR count). The second-order valence-corrected chi connectivity index (χ2v) is 2.64. The average molecular weight is 152 g/mol. The highest BCUT2D eigenvalue weighted by atomic mass is 32.2. The van der Waals surface area contributed by atoms with Gasteiger partial charge in [-0.05, 0) is 10.4 Å². The monoisotopic (exact) mass is 152 g/mol. The van der Waals surface area contributed by atoms with Crippen LogP contribution in [0.2, 0.25) is 0 Å². The van der Waals surface area contributed by atoms with Crippen molar-refractivity contribution in [3.8, 4) is 0 Å². The summed E-state index contributed by atoms with van der Waals surface area (Å²) < 4.78 is 18.2. The Morgan fingerprint density at radius 2 is 1.78 bits per heavy atom. The van der Waals surface area contributed by atoms with Crippen LogP contribution in [0.15, 0.2) is 10.4 Å². The minimum absolute atomic E-state index is 0.864. The van der Waals surface area contributed by atoms with Gasteiger partial charge >= 0.3 is 4.99 Å². The van der Waals surface area contributed by atoms with Gasteiger partial charge in [0.2, 0.25) is 11.1 Å². The quantitative estimate of drug-likeness (QED) is 0.468. The summed E-state index contributed by atoms with van der Waals surface area (Å²) in [6.07, 6.45) is 0. The van der Waals surface area contributed by atoms with E-state index in [0.717, 1.165) is 6.92 Å². The second-order valence-electron chi connectivity index (χ2n) is 1.37. The van der Waals surface area contributed by atoms with Gasteiger partial charge in [0.05, 0.1) is 0 Å². The van der Waals surface area contributed by atoms with Gasteiger partial charge in [-0.25, -0.2) is 4.21 Å². The normalized spacial score (nSPS) is 14.4. The largest absolute Gasteiger partial charge is 0.326 e. The summed E-state index contributed by atoms with van der Waals surface area (Å²) in [4.78, 5) is 17.0. The van der Waals surface area contributed by atoms with Crippen LogP contribution in [0, 0.1) is 9.81 Å². The molecule has 0 heterocycles. The van der Waals surface area contributed by atoms with Crippen LogP contribution >= 0.6 is 0 Å². The molecule has 7 heteroatoms. The zero-order valence-electron chi connectivity index (χ0n) is 4.47. The first-order valence-corrected chi connectivity index (χ1v) is 2.97. The molecule has 0 fully saturated rings. The summed E-state index contributed by atoms with van der Waals surface area (Å²) in [7, 11) is 0. The van der Waals surface area contributed by atoms with E-state index in [1.807, 2.05) is 0 Å². The van der Waals surface area contributed by atoms with Gasteiger partial charge in [-0.1, -0.05) is 0 Å². The highest BCUT2D eigenvalue weighted by molar-refractivity contribution is 7.80. The minimum atomic E-state index is -2.63. The van der Waals surface area contributed by atoms with Gasteiger partial charge < -0.3 is 4.55 Å². The number of hydrogen-bond donors (Lipinski definition) is 1. The van der Waals surface area contributed by atoms with Crippen molar-refractivity contribution in [3.63, 3.8) is 0 Å². The van der Waals surface area contributed by atoms with Crippen LogP contribution in [0.25, 0.3) is 0 Å². The van der Waals surface area contributed by atoms with Crippen LogP contribution in [-0.4, -0.2) is 13.8 Å². The Kier molecular flexibility index (Phi) is 2.53. The van der Waals surface area contributed by atoms with Crippen molar-refractivity contribution in [2.24, 2.45) is 10.4 Å². The Labute approximate surface area is 52.9 Å². The van der Waals surface area contributed by atoms with Gasteiger partial charge in [0.15, 0.2) is 0 Å². The number of nitroso groups, excluding NO2 is 2. The Morgan fingerprint density at radius 3 is 1.78 bits per heavy atom. The smallest absolute Gasteiger partial charge is 0.303 e. The van der Waals surface area contributed by atoms with Crippen molar-refractivity contribution < 1.29 is 8.76 Å². The molecule has 0 aliphatic heterocycles. The lowest BCUT2D eigenvalue weighted by Gasteiger charge is -2.03. The van der Waals surface area contributed by atoms with Crippen LogP contribution < -0.4 is 0 Å². The third-order valence-electron chi connectivity index (χ3n) is 0.670. The third kappa shape index (κ3) is 1.61. The van der Waals surface area contributed by atoms with E-state index < -0.39 is 16.1 Å². The van der Waals surface area contributed by atoms with E-state index in [9.17, 15) is 14.0 Å². The highest BCUT2D eigenvalue weighted by Crippen LogP contribution is 2.13. The molecule has 0 bridgehead atoms. The van der Waals surface area contributed by atoms with Gasteiger partial charge in [-0.3, -0.25) is 0 Å². The first-order valence-electron chi connectivity index (χ1n) is 1.87. The summed E-state index contributed by atoms with van der Waals surface area (Å²) in [6, 6.07) is 0. The molecule has 0 aliphatic rings. The number of nitrogens with zero attached hydrogens (tertiary/aromatic N) is 2. The van der Waals surface area contributed by atoms with Crippen LogP contribution in [0.3, 0.4) is 0 Å². The predicted octanol–water partition coefficient (Wildman–Crippen LogP) is 0.415. The SMILES string of the molecule is CC(N=O)(N=O)S(=O)O. The molecule has 0 aromatic rings. The topological polar surface area (TPSA) is 96.2 Å². The number of rotatable bonds is 3. The zero-order valence-corrected chi connectivity index (χ0v) is 5.29. The molecule has 0 aromatic heterocycles. The van der Waals surface area contributed by atoms with E-state index in [1.165, 1.54) is 0 Å². The van der Waals surface area contributed by atoms with Crippen molar-refractivity contribution in [3.05, 3.63) is 9.81 Å². The van der Waals surface area contributed by atoms with Crippen LogP contribution in [0.4, 0.5) is 0 Å². The molecule has 0 saturated carbocycles. The van der Waals surface area contributed by atoms with Gasteiger partial charge in [0.1, 0.15) is 0 Å². The van der Waals surface area contributed by atoms with Crippen molar-refractivity contribution in [1.29, 1.82) is 0 Å². The molecule has 0 spiro atoms. The first kappa shape index (κ1) is 8.31. The van der Waals surface area contributed by atoms with Crippen LogP contribution in [-0.2, 0) is 11.1 Å². The fourth-order valence-corrected chi connectivity index (χ4v) is 0.208. The molecule has 1 N–H and O–H groups in total. The van der Waals surface area contributed by atoms with Gasteiger partial charge in [0.25, 0.3) is 0 Å². The van der Waals surface area contributed by atoms with E-state index in [2.05, 4.69) is 10.4 Å². The molecule has 1 atom stereocenters. The summed E-state index contributed by atoms with van der Waals surface area (Å²) in [6.45, 7) is 0.864. The van der Waals surface area contributed by atoms with Crippen molar-refractivity contribution in [2.75, 3.05) is 0 Å². The minimum Gasteiger partial charge on any atom is -0.303 e. The van der Waals surface area contributed by atoms with Gasteiger partial charge in [-0.15, -0.1) is 9.81 Å². The number of hydrogen-bond acceptors (Lipinski definition) is 5. The van der Waals surface area contributed by atoms with E-state index in [-0.39, 0.29) is 0 Å². The molecular weight excluding hydrogens is 148 g/mol. The third-order valence-corrected chi connectivity index (χ3v) is 1.48. The molecule has 0 aromatic carbocycles. The van der Waals surface area contributed by atoms with E-state index in [4.69, 9.17) is 4.55 Å². The van der Waals surface area contributed by atoms with Crippen LogP contribution in [0.5, 0.6) is 0 Å².